The van der Waals surface area contributed by atoms with Crippen molar-refractivity contribution in [1.29, 1.82) is 0 Å². The van der Waals surface area contributed by atoms with Gasteiger partial charge in [0.1, 0.15) is 18.1 Å². The number of carbonyl (C=O) groups is 2. The standard InChI is InChI=1S/C27H35N5O5/c1-35-17-16-31(24(33)18-32-22-14-8-7-13-21(22)29-30-32)25(27(34)28-19-10-5-4-6-11-19)20-12-9-15-23(36-2)26(20)37-3/h7-9,12-15,19,25H,4-6,10-11,16-18H2,1-3H3,(H,28,34)/t25-/m0/s1. The first-order chi connectivity index (χ1) is 18.1. The average Bonchev–Trinajstić information content (AvgIpc) is 3.33. The van der Waals surface area contributed by atoms with Crippen LogP contribution in [0.3, 0.4) is 0 Å². The Morgan fingerprint density at radius 1 is 1.05 bits per heavy atom. The maximum absolute atomic E-state index is 13.9. The molecule has 1 fully saturated rings. The number of aromatic nitrogens is 3. The summed E-state index contributed by atoms with van der Waals surface area (Å²) in [6, 6.07) is 11.9. The van der Waals surface area contributed by atoms with Crippen molar-refractivity contribution in [2.45, 2.75) is 50.7 Å². The monoisotopic (exact) mass is 509 g/mol. The molecule has 10 nitrogen and oxygen atoms in total. The van der Waals surface area contributed by atoms with E-state index in [1.165, 1.54) is 18.4 Å². The van der Waals surface area contributed by atoms with Gasteiger partial charge >= 0.3 is 0 Å². The van der Waals surface area contributed by atoms with E-state index in [-0.39, 0.29) is 37.6 Å². The Morgan fingerprint density at radius 3 is 2.57 bits per heavy atom. The van der Waals surface area contributed by atoms with Gasteiger partial charge in [0, 0.05) is 25.3 Å². The highest BCUT2D eigenvalue weighted by Gasteiger charge is 2.35. The molecule has 1 aromatic heterocycles. The third-order valence-corrected chi connectivity index (χ3v) is 6.80. The smallest absolute Gasteiger partial charge is 0.247 e. The molecular formula is C27H35N5O5. The van der Waals surface area contributed by atoms with Crippen LogP contribution in [0.4, 0.5) is 0 Å². The quantitative estimate of drug-likeness (QED) is 0.423. The van der Waals surface area contributed by atoms with E-state index in [1.54, 1.807) is 37.1 Å². The fourth-order valence-electron chi connectivity index (χ4n) is 4.95. The normalized spacial score (nSPS) is 14.8. The molecule has 1 aliphatic carbocycles. The molecule has 4 rings (SSSR count). The first kappa shape index (κ1) is 26.4. The number of methoxy groups -OCH3 is 3. The van der Waals surface area contributed by atoms with Crippen LogP contribution in [0.15, 0.2) is 42.5 Å². The first-order valence-electron chi connectivity index (χ1n) is 12.6. The van der Waals surface area contributed by atoms with Gasteiger partial charge in [0.05, 0.1) is 26.3 Å². The lowest BCUT2D eigenvalue weighted by atomic mass is 9.94. The van der Waals surface area contributed by atoms with Crippen LogP contribution < -0.4 is 14.8 Å². The molecule has 10 heteroatoms. The van der Waals surface area contributed by atoms with E-state index in [2.05, 4.69) is 15.6 Å². The van der Waals surface area contributed by atoms with Crippen molar-refractivity contribution in [3.05, 3.63) is 48.0 Å². The van der Waals surface area contributed by atoms with Gasteiger partial charge in [-0.15, -0.1) is 5.10 Å². The summed E-state index contributed by atoms with van der Waals surface area (Å²) in [5, 5.41) is 11.5. The van der Waals surface area contributed by atoms with Gasteiger partial charge in [0.2, 0.25) is 11.8 Å². The molecule has 1 heterocycles. The van der Waals surface area contributed by atoms with Crippen LogP contribution in [0, 0.1) is 0 Å². The number of carbonyl (C=O) groups excluding carboxylic acids is 2. The van der Waals surface area contributed by atoms with E-state index in [0.717, 1.165) is 31.2 Å². The van der Waals surface area contributed by atoms with Gasteiger partial charge in [-0.25, -0.2) is 4.68 Å². The molecule has 3 aromatic rings. The number of hydrogen-bond donors (Lipinski definition) is 1. The summed E-state index contributed by atoms with van der Waals surface area (Å²) in [4.78, 5) is 29.3. The molecule has 37 heavy (non-hydrogen) atoms. The van der Waals surface area contributed by atoms with Crippen LogP contribution in [-0.4, -0.2) is 72.2 Å². The second-order valence-corrected chi connectivity index (χ2v) is 9.14. The van der Waals surface area contributed by atoms with Crippen molar-refractivity contribution in [2.24, 2.45) is 0 Å². The molecule has 2 aromatic carbocycles. The molecule has 0 aliphatic heterocycles. The van der Waals surface area contributed by atoms with Gasteiger partial charge in [-0.1, -0.05) is 48.7 Å². The number of benzene rings is 2. The zero-order valence-corrected chi connectivity index (χ0v) is 21.7. The lowest BCUT2D eigenvalue weighted by Gasteiger charge is -2.34. The second kappa shape index (κ2) is 12.5. The minimum atomic E-state index is -0.954. The summed E-state index contributed by atoms with van der Waals surface area (Å²) >= 11 is 0. The lowest BCUT2D eigenvalue weighted by molar-refractivity contribution is -0.142. The van der Waals surface area contributed by atoms with Gasteiger partial charge in [-0.05, 0) is 31.0 Å². The molecular weight excluding hydrogens is 474 g/mol. The van der Waals surface area contributed by atoms with Crippen molar-refractivity contribution in [2.75, 3.05) is 34.5 Å². The molecule has 0 spiro atoms. The van der Waals surface area contributed by atoms with Crippen molar-refractivity contribution >= 4 is 22.8 Å². The third-order valence-electron chi connectivity index (χ3n) is 6.80. The SMILES string of the molecule is COCCN(C(=O)Cn1nnc2ccccc21)[C@H](C(=O)NC1CCCCC1)c1cccc(OC)c1OC. The van der Waals surface area contributed by atoms with Gasteiger partial charge < -0.3 is 24.4 Å². The van der Waals surface area contributed by atoms with Gasteiger partial charge in [0.25, 0.3) is 0 Å². The highest BCUT2D eigenvalue weighted by atomic mass is 16.5. The van der Waals surface area contributed by atoms with E-state index >= 15 is 0 Å². The predicted octanol–water partition coefficient (Wildman–Crippen LogP) is 3.11. The van der Waals surface area contributed by atoms with Crippen molar-refractivity contribution in [1.82, 2.24) is 25.2 Å². The molecule has 0 bridgehead atoms. The van der Waals surface area contributed by atoms with Crippen LogP contribution in [0.1, 0.15) is 43.7 Å². The lowest BCUT2D eigenvalue weighted by Crippen LogP contribution is -2.49. The molecule has 0 saturated heterocycles. The van der Waals surface area contributed by atoms with Crippen LogP contribution in [0.2, 0.25) is 0 Å². The minimum absolute atomic E-state index is 0.0685. The Morgan fingerprint density at radius 2 is 1.84 bits per heavy atom. The van der Waals surface area contributed by atoms with Crippen molar-refractivity contribution in [3.63, 3.8) is 0 Å². The topological polar surface area (TPSA) is 108 Å². The van der Waals surface area contributed by atoms with E-state index < -0.39 is 6.04 Å². The summed E-state index contributed by atoms with van der Waals surface area (Å²) in [5.74, 6) is 0.347. The van der Waals surface area contributed by atoms with Gasteiger partial charge in [0.15, 0.2) is 11.5 Å². The van der Waals surface area contributed by atoms with Gasteiger partial charge in [-0.3, -0.25) is 9.59 Å². The predicted molar refractivity (Wildman–Crippen MR) is 138 cm³/mol. The van der Waals surface area contributed by atoms with E-state index in [0.29, 0.717) is 22.6 Å². The fourth-order valence-corrected chi connectivity index (χ4v) is 4.95. The number of hydrogen-bond acceptors (Lipinski definition) is 7. The number of ether oxygens (including phenoxy) is 3. The zero-order valence-electron chi connectivity index (χ0n) is 21.7. The maximum Gasteiger partial charge on any atom is 0.247 e. The van der Waals surface area contributed by atoms with Crippen molar-refractivity contribution in [3.8, 4) is 11.5 Å². The summed E-state index contributed by atoms with van der Waals surface area (Å²) < 4.78 is 18.1. The number of amides is 2. The highest BCUT2D eigenvalue weighted by molar-refractivity contribution is 5.90. The Kier molecular flexibility index (Phi) is 8.95. The highest BCUT2D eigenvalue weighted by Crippen LogP contribution is 2.37. The summed E-state index contributed by atoms with van der Waals surface area (Å²) in [5.41, 5.74) is 1.98. The van der Waals surface area contributed by atoms with Crippen LogP contribution >= 0.6 is 0 Å². The molecule has 0 radical (unpaired) electrons. The van der Waals surface area contributed by atoms with Crippen LogP contribution in [0.5, 0.6) is 11.5 Å². The van der Waals surface area contributed by atoms with E-state index in [9.17, 15) is 9.59 Å². The Balaban J connectivity index is 1.72. The second-order valence-electron chi connectivity index (χ2n) is 9.14. The molecule has 198 valence electrons. The van der Waals surface area contributed by atoms with Crippen LogP contribution in [0.25, 0.3) is 11.0 Å². The van der Waals surface area contributed by atoms with E-state index in [1.807, 2.05) is 24.3 Å². The Labute approximate surface area is 216 Å². The van der Waals surface area contributed by atoms with Crippen molar-refractivity contribution < 1.29 is 23.8 Å². The molecule has 2 amide bonds. The Hall–Kier alpha value is -3.66. The average molecular weight is 510 g/mol. The largest absolute Gasteiger partial charge is 0.493 e. The third kappa shape index (κ3) is 6.02. The maximum atomic E-state index is 13.9. The molecule has 1 aliphatic rings. The fraction of sp³-hybridized carbons (Fsp3) is 0.481. The Bertz CT molecular complexity index is 1210. The number of fused-ring (bicyclic) bond motifs is 1. The minimum Gasteiger partial charge on any atom is -0.493 e. The molecule has 1 atom stereocenters. The van der Waals surface area contributed by atoms with Crippen LogP contribution in [-0.2, 0) is 20.9 Å². The molecule has 1 saturated carbocycles. The summed E-state index contributed by atoms with van der Waals surface area (Å²) in [7, 11) is 4.64. The summed E-state index contributed by atoms with van der Waals surface area (Å²) in [6.07, 6.45) is 5.16. The first-order valence-corrected chi connectivity index (χ1v) is 12.6. The number of nitrogens with one attached hydrogen (secondary N) is 1. The summed E-state index contributed by atoms with van der Waals surface area (Å²) in [6.45, 7) is 0.373. The molecule has 1 N–H and O–H groups in total. The molecule has 0 unspecified atom stereocenters. The number of nitrogens with zero attached hydrogens (tertiary/aromatic N) is 4. The number of rotatable bonds is 11. The zero-order chi connectivity index (χ0) is 26.2. The van der Waals surface area contributed by atoms with E-state index in [4.69, 9.17) is 14.2 Å². The van der Waals surface area contributed by atoms with Gasteiger partial charge in [-0.2, -0.15) is 0 Å². The number of para-hydroxylation sites is 2.